The van der Waals surface area contributed by atoms with Crippen molar-refractivity contribution in [3.63, 3.8) is 0 Å². The van der Waals surface area contributed by atoms with Gasteiger partial charge in [-0.25, -0.2) is 0 Å². The maximum absolute atomic E-state index is 12.8. The van der Waals surface area contributed by atoms with Crippen LogP contribution in [0.3, 0.4) is 0 Å². The van der Waals surface area contributed by atoms with Gasteiger partial charge in [0, 0.05) is 25.2 Å². The third-order valence-corrected chi connectivity index (χ3v) is 5.17. The van der Waals surface area contributed by atoms with Gasteiger partial charge in [0.2, 0.25) is 0 Å². The van der Waals surface area contributed by atoms with Gasteiger partial charge < -0.3 is 9.88 Å². The fourth-order valence-corrected chi connectivity index (χ4v) is 3.65. The highest BCUT2D eigenvalue weighted by Gasteiger charge is 2.20. The molecule has 0 radical (unpaired) electrons. The summed E-state index contributed by atoms with van der Waals surface area (Å²) in [5.74, 6) is 0.702. The minimum absolute atomic E-state index is 0.0324. The number of nitrogens with zero attached hydrogens (tertiary/aromatic N) is 2. The van der Waals surface area contributed by atoms with Crippen molar-refractivity contribution >= 4 is 29.0 Å². The molecule has 1 N–H and O–H groups in total. The number of amides is 1. The maximum Gasteiger partial charge on any atom is 0.262 e. The molecule has 1 aromatic carbocycles. The Kier molecular flexibility index (Phi) is 4.85. The summed E-state index contributed by atoms with van der Waals surface area (Å²) in [6.45, 7) is 6.24. The number of nitrogens with one attached hydrogen (secondary N) is 1. The number of hydrogen-bond donors (Lipinski definition) is 1. The van der Waals surface area contributed by atoms with Crippen LogP contribution in [-0.4, -0.2) is 33.4 Å². The fourth-order valence-electron chi connectivity index (χ4n) is 3.32. The van der Waals surface area contributed by atoms with Gasteiger partial charge in [-0.2, -0.15) is 0 Å². The van der Waals surface area contributed by atoms with Crippen LogP contribution in [0.15, 0.2) is 23.0 Å². The molecule has 0 bridgehead atoms. The van der Waals surface area contributed by atoms with E-state index in [-0.39, 0.29) is 11.5 Å². The Hall–Kier alpha value is -1.95. The summed E-state index contributed by atoms with van der Waals surface area (Å²) in [5.41, 5.74) is 1.12. The second-order valence-corrected chi connectivity index (χ2v) is 6.95. The van der Waals surface area contributed by atoms with Crippen LogP contribution in [-0.2, 0) is 6.54 Å². The van der Waals surface area contributed by atoms with Crippen LogP contribution < -0.4 is 5.56 Å². The second kappa shape index (κ2) is 6.89. The van der Waals surface area contributed by atoms with Crippen LogP contribution in [0, 0.1) is 10.7 Å². The topological polar surface area (TPSA) is 58.1 Å². The van der Waals surface area contributed by atoms with E-state index in [4.69, 9.17) is 12.2 Å². The Morgan fingerprint density at radius 1 is 1.33 bits per heavy atom. The van der Waals surface area contributed by atoms with E-state index >= 15 is 0 Å². The molecule has 1 aliphatic heterocycles. The SMILES string of the molecule is CCn1c(=S)[nH]c2cc(C(=O)N3CCCC(C)CC3)ccc2c1=O. The normalized spacial score (nSPS) is 18.6. The van der Waals surface area contributed by atoms with Crippen molar-refractivity contribution in [1.29, 1.82) is 0 Å². The Balaban J connectivity index is 1.97. The number of aromatic nitrogens is 2. The molecule has 0 aliphatic carbocycles. The van der Waals surface area contributed by atoms with Crippen molar-refractivity contribution < 1.29 is 4.79 Å². The summed E-state index contributed by atoms with van der Waals surface area (Å²) in [5, 5.41) is 0.562. The molecule has 6 heteroatoms. The Morgan fingerprint density at radius 3 is 2.88 bits per heavy atom. The molecule has 2 aromatic rings. The van der Waals surface area contributed by atoms with E-state index in [0.717, 1.165) is 25.9 Å². The maximum atomic E-state index is 12.8. The minimum Gasteiger partial charge on any atom is -0.339 e. The molecule has 1 atom stereocenters. The minimum atomic E-state index is -0.112. The highest BCUT2D eigenvalue weighted by Crippen LogP contribution is 2.19. The molecule has 1 unspecified atom stereocenters. The largest absolute Gasteiger partial charge is 0.339 e. The second-order valence-electron chi connectivity index (χ2n) is 6.57. The van der Waals surface area contributed by atoms with Gasteiger partial charge in [-0.05, 0) is 62.5 Å². The molecule has 1 aromatic heterocycles. The average Bonchev–Trinajstić information content (AvgIpc) is 2.78. The van der Waals surface area contributed by atoms with Gasteiger partial charge in [0.25, 0.3) is 11.5 Å². The summed E-state index contributed by atoms with van der Waals surface area (Å²) in [4.78, 5) is 30.2. The summed E-state index contributed by atoms with van der Waals surface area (Å²) in [6, 6.07) is 5.23. The van der Waals surface area contributed by atoms with Crippen molar-refractivity contribution in [2.45, 2.75) is 39.7 Å². The van der Waals surface area contributed by atoms with Crippen LogP contribution in [0.1, 0.15) is 43.5 Å². The van der Waals surface area contributed by atoms with Gasteiger partial charge in [-0.1, -0.05) is 6.92 Å². The van der Waals surface area contributed by atoms with Crippen LogP contribution in [0.25, 0.3) is 10.9 Å². The fraction of sp³-hybridized carbons (Fsp3) is 0.500. The monoisotopic (exact) mass is 345 g/mol. The van der Waals surface area contributed by atoms with Crippen LogP contribution in [0.5, 0.6) is 0 Å². The smallest absolute Gasteiger partial charge is 0.262 e. The number of H-pyrrole nitrogens is 1. The molecule has 128 valence electrons. The van der Waals surface area contributed by atoms with Crippen molar-refractivity contribution in [3.8, 4) is 0 Å². The van der Waals surface area contributed by atoms with Gasteiger partial charge in [0.15, 0.2) is 4.77 Å². The number of fused-ring (bicyclic) bond motifs is 1. The van der Waals surface area contributed by atoms with Gasteiger partial charge in [-0.3, -0.25) is 14.2 Å². The van der Waals surface area contributed by atoms with E-state index in [1.165, 1.54) is 11.0 Å². The van der Waals surface area contributed by atoms with Gasteiger partial charge >= 0.3 is 0 Å². The summed E-state index contributed by atoms with van der Waals surface area (Å²) < 4.78 is 1.92. The number of likely N-dealkylation sites (tertiary alicyclic amines) is 1. The lowest BCUT2D eigenvalue weighted by Crippen LogP contribution is -2.32. The van der Waals surface area contributed by atoms with E-state index in [0.29, 0.717) is 33.7 Å². The third kappa shape index (κ3) is 3.15. The lowest BCUT2D eigenvalue weighted by atomic mass is 10.0. The van der Waals surface area contributed by atoms with E-state index in [9.17, 15) is 9.59 Å². The quantitative estimate of drug-likeness (QED) is 0.849. The van der Waals surface area contributed by atoms with Crippen LogP contribution >= 0.6 is 12.2 Å². The van der Waals surface area contributed by atoms with E-state index in [1.807, 2.05) is 11.8 Å². The van der Waals surface area contributed by atoms with Gasteiger partial charge in [0.1, 0.15) is 0 Å². The molecule has 2 heterocycles. The number of carbonyl (C=O) groups is 1. The molecule has 0 spiro atoms. The van der Waals surface area contributed by atoms with Crippen LogP contribution in [0.4, 0.5) is 0 Å². The average molecular weight is 345 g/mol. The predicted molar refractivity (Wildman–Crippen MR) is 98.0 cm³/mol. The number of carbonyl (C=O) groups excluding carboxylic acids is 1. The zero-order valence-electron chi connectivity index (χ0n) is 14.2. The Morgan fingerprint density at radius 2 is 2.12 bits per heavy atom. The molecular weight excluding hydrogens is 322 g/mol. The molecule has 1 amide bonds. The lowest BCUT2D eigenvalue weighted by Gasteiger charge is -2.20. The number of hydrogen-bond acceptors (Lipinski definition) is 3. The van der Waals surface area contributed by atoms with Gasteiger partial charge in [-0.15, -0.1) is 0 Å². The standard InChI is InChI=1S/C18H23N3O2S/c1-3-21-17(23)14-7-6-13(11-15(14)19-18(21)24)16(22)20-9-4-5-12(2)8-10-20/h6-7,11-12H,3-5,8-10H2,1-2H3,(H,19,24). The third-order valence-electron chi connectivity index (χ3n) is 4.85. The summed E-state index contributed by atoms with van der Waals surface area (Å²) >= 11 is 5.24. The summed E-state index contributed by atoms with van der Waals surface area (Å²) in [6.07, 6.45) is 3.26. The predicted octanol–water partition coefficient (Wildman–Crippen LogP) is 3.34. The number of rotatable bonds is 2. The number of aromatic amines is 1. The molecule has 5 nitrogen and oxygen atoms in total. The van der Waals surface area contributed by atoms with E-state index in [1.54, 1.807) is 18.2 Å². The molecular formula is C18H23N3O2S. The first kappa shape index (κ1) is 16.9. The van der Waals surface area contributed by atoms with Crippen molar-refractivity contribution in [3.05, 3.63) is 38.9 Å². The van der Waals surface area contributed by atoms with E-state index < -0.39 is 0 Å². The zero-order valence-corrected chi connectivity index (χ0v) is 15.0. The molecule has 1 saturated heterocycles. The van der Waals surface area contributed by atoms with E-state index in [2.05, 4.69) is 11.9 Å². The Labute approximate surface area is 146 Å². The molecule has 1 fully saturated rings. The first-order valence-electron chi connectivity index (χ1n) is 8.57. The van der Waals surface area contributed by atoms with Crippen LogP contribution in [0.2, 0.25) is 0 Å². The highest BCUT2D eigenvalue weighted by molar-refractivity contribution is 7.71. The van der Waals surface area contributed by atoms with Gasteiger partial charge in [0.05, 0.1) is 10.9 Å². The zero-order chi connectivity index (χ0) is 17.3. The highest BCUT2D eigenvalue weighted by atomic mass is 32.1. The number of benzene rings is 1. The van der Waals surface area contributed by atoms with Crippen molar-refractivity contribution in [1.82, 2.24) is 14.5 Å². The first-order chi connectivity index (χ1) is 11.5. The molecule has 1 aliphatic rings. The first-order valence-corrected chi connectivity index (χ1v) is 8.98. The van der Waals surface area contributed by atoms with Crippen molar-refractivity contribution in [2.75, 3.05) is 13.1 Å². The molecule has 3 rings (SSSR count). The Bertz CT molecular complexity index is 884. The summed E-state index contributed by atoms with van der Waals surface area (Å²) in [7, 11) is 0. The van der Waals surface area contributed by atoms with Crippen molar-refractivity contribution in [2.24, 2.45) is 5.92 Å². The lowest BCUT2D eigenvalue weighted by molar-refractivity contribution is 0.0760. The molecule has 0 saturated carbocycles. The molecule has 24 heavy (non-hydrogen) atoms.